The molecule has 24 heavy (non-hydrogen) atoms. The number of amides is 1. The van der Waals surface area contributed by atoms with Gasteiger partial charge in [-0.15, -0.1) is 0 Å². The van der Waals surface area contributed by atoms with E-state index in [1.807, 2.05) is 7.05 Å². The second kappa shape index (κ2) is 7.62. The van der Waals surface area contributed by atoms with Gasteiger partial charge in [0.2, 0.25) is 15.9 Å². The summed E-state index contributed by atoms with van der Waals surface area (Å²) in [6, 6.07) is 0. The van der Waals surface area contributed by atoms with Gasteiger partial charge in [0.1, 0.15) is 10.6 Å². The number of sulfonamides is 1. The van der Waals surface area contributed by atoms with E-state index in [-0.39, 0.29) is 16.7 Å². The van der Waals surface area contributed by atoms with Crippen LogP contribution in [0, 0.1) is 19.8 Å². The van der Waals surface area contributed by atoms with Crippen molar-refractivity contribution in [1.29, 1.82) is 0 Å². The monoisotopic (exact) mass is 358 g/mol. The van der Waals surface area contributed by atoms with Gasteiger partial charge in [-0.25, -0.2) is 8.42 Å². The largest absolute Gasteiger partial charge is 0.360 e. The number of aryl methyl sites for hydroxylation is 2. The second-order valence-electron chi connectivity index (χ2n) is 6.20. The molecule has 0 aliphatic carbocycles. The predicted octanol–water partition coefficient (Wildman–Crippen LogP) is 0.370. The number of piperidine rings is 1. The Morgan fingerprint density at radius 1 is 1.38 bits per heavy atom. The van der Waals surface area contributed by atoms with Crippen molar-refractivity contribution in [3.05, 3.63) is 11.5 Å². The molecule has 1 fully saturated rings. The van der Waals surface area contributed by atoms with E-state index in [9.17, 15) is 13.2 Å². The van der Waals surface area contributed by atoms with Crippen LogP contribution in [0.15, 0.2) is 9.42 Å². The Morgan fingerprint density at radius 3 is 2.50 bits per heavy atom. The fraction of sp³-hybridized carbons (Fsp3) is 0.733. The maximum absolute atomic E-state index is 12.8. The molecule has 1 aliphatic rings. The SMILES string of the molecule is CNCCN(C)C(=O)C1CCN(S(=O)(=O)c2c(C)noc2C)CC1. The lowest BCUT2D eigenvalue weighted by Gasteiger charge is -2.32. The maximum atomic E-state index is 12.8. The lowest BCUT2D eigenvalue weighted by Crippen LogP contribution is -2.44. The summed E-state index contributed by atoms with van der Waals surface area (Å²) >= 11 is 0. The molecule has 1 N–H and O–H groups in total. The minimum absolute atomic E-state index is 0.0830. The molecule has 136 valence electrons. The Hall–Kier alpha value is -1.45. The van der Waals surface area contributed by atoms with Crippen LogP contribution in [0.1, 0.15) is 24.3 Å². The number of aromatic nitrogens is 1. The third kappa shape index (κ3) is 3.79. The van der Waals surface area contributed by atoms with Crippen LogP contribution >= 0.6 is 0 Å². The zero-order valence-electron chi connectivity index (χ0n) is 14.7. The van der Waals surface area contributed by atoms with Gasteiger partial charge >= 0.3 is 0 Å². The molecule has 0 spiro atoms. The second-order valence-corrected chi connectivity index (χ2v) is 8.07. The molecule has 0 saturated carbocycles. The highest BCUT2D eigenvalue weighted by Crippen LogP contribution is 2.28. The molecule has 1 aromatic heterocycles. The van der Waals surface area contributed by atoms with E-state index in [4.69, 9.17) is 4.52 Å². The van der Waals surface area contributed by atoms with Gasteiger partial charge in [-0.3, -0.25) is 4.79 Å². The highest BCUT2D eigenvalue weighted by Gasteiger charge is 2.35. The smallest absolute Gasteiger partial charge is 0.248 e. The van der Waals surface area contributed by atoms with Gasteiger partial charge in [-0.05, 0) is 33.7 Å². The van der Waals surface area contributed by atoms with Crippen molar-refractivity contribution in [2.24, 2.45) is 5.92 Å². The first-order valence-electron chi connectivity index (χ1n) is 8.11. The van der Waals surface area contributed by atoms with Crippen LogP contribution in [-0.4, -0.2) is 69.0 Å². The number of carbonyl (C=O) groups excluding carboxylic acids is 1. The van der Waals surface area contributed by atoms with Crippen molar-refractivity contribution in [3.8, 4) is 0 Å². The van der Waals surface area contributed by atoms with Gasteiger partial charge < -0.3 is 14.7 Å². The normalized spacial score (nSPS) is 17.2. The molecular weight excluding hydrogens is 332 g/mol. The quantitative estimate of drug-likeness (QED) is 0.789. The van der Waals surface area contributed by atoms with Crippen molar-refractivity contribution in [1.82, 2.24) is 19.7 Å². The number of hydrogen-bond acceptors (Lipinski definition) is 6. The Kier molecular flexibility index (Phi) is 6.00. The molecule has 0 atom stereocenters. The third-order valence-electron chi connectivity index (χ3n) is 4.44. The average molecular weight is 358 g/mol. The van der Waals surface area contributed by atoms with Gasteiger partial charge in [0.25, 0.3) is 0 Å². The van der Waals surface area contributed by atoms with Crippen molar-refractivity contribution < 1.29 is 17.7 Å². The molecule has 2 rings (SSSR count). The molecular formula is C15H26N4O4S. The number of nitrogens with zero attached hydrogens (tertiary/aromatic N) is 3. The Morgan fingerprint density at radius 2 is 2.00 bits per heavy atom. The lowest BCUT2D eigenvalue weighted by molar-refractivity contribution is -0.135. The van der Waals surface area contributed by atoms with Crippen molar-refractivity contribution in [2.75, 3.05) is 40.3 Å². The summed E-state index contributed by atoms with van der Waals surface area (Å²) in [6.07, 6.45) is 1.07. The van der Waals surface area contributed by atoms with E-state index in [1.165, 1.54) is 4.31 Å². The summed E-state index contributed by atoms with van der Waals surface area (Å²) in [5.41, 5.74) is 0.373. The zero-order chi connectivity index (χ0) is 17.9. The first kappa shape index (κ1) is 18.9. The van der Waals surface area contributed by atoms with Crippen LogP contribution in [0.5, 0.6) is 0 Å². The number of likely N-dealkylation sites (N-methyl/N-ethyl adjacent to an activating group) is 2. The van der Waals surface area contributed by atoms with Crippen LogP contribution < -0.4 is 5.32 Å². The fourth-order valence-electron chi connectivity index (χ4n) is 3.02. The number of nitrogens with one attached hydrogen (secondary N) is 1. The number of rotatable bonds is 6. The molecule has 1 aromatic rings. The summed E-state index contributed by atoms with van der Waals surface area (Å²) in [5, 5.41) is 6.74. The lowest BCUT2D eigenvalue weighted by atomic mass is 9.97. The molecule has 0 aromatic carbocycles. The highest BCUT2D eigenvalue weighted by molar-refractivity contribution is 7.89. The molecule has 0 bridgehead atoms. The summed E-state index contributed by atoms with van der Waals surface area (Å²) in [6.45, 7) is 5.27. The van der Waals surface area contributed by atoms with Gasteiger partial charge in [0.05, 0.1) is 0 Å². The maximum Gasteiger partial charge on any atom is 0.248 e. The average Bonchev–Trinajstić information content (AvgIpc) is 2.91. The number of carbonyl (C=O) groups is 1. The van der Waals surface area contributed by atoms with E-state index >= 15 is 0 Å². The zero-order valence-corrected chi connectivity index (χ0v) is 15.5. The van der Waals surface area contributed by atoms with Crippen LogP contribution in [0.3, 0.4) is 0 Å². The van der Waals surface area contributed by atoms with Crippen LogP contribution in [0.4, 0.5) is 0 Å². The molecule has 0 radical (unpaired) electrons. The predicted molar refractivity (Wildman–Crippen MR) is 89.0 cm³/mol. The highest BCUT2D eigenvalue weighted by atomic mass is 32.2. The molecule has 1 saturated heterocycles. The van der Waals surface area contributed by atoms with Gasteiger partial charge in [-0.1, -0.05) is 5.16 Å². The minimum atomic E-state index is -3.62. The van der Waals surface area contributed by atoms with E-state index < -0.39 is 10.0 Å². The summed E-state index contributed by atoms with van der Waals surface area (Å²) < 4.78 is 31.9. The van der Waals surface area contributed by atoms with Gasteiger partial charge in [0, 0.05) is 39.1 Å². The van der Waals surface area contributed by atoms with Gasteiger partial charge in [-0.2, -0.15) is 4.31 Å². The standard InChI is InChI=1S/C15H26N4O4S/c1-11-14(12(2)23-17-11)24(21,22)19-8-5-13(6-9-19)15(20)18(4)10-7-16-3/h13,16H,5-10H2,1-4H3. The molecule has 1 amide bonds. The van der Waals surface area contributed by atoms with E-state index in [0.29, 0.717) is 43.9 Å². The summed E-state index contributed by atoms with van der Waals surface area (Å²) in [4.78, 5) is 14.3. The molecule has 0 unspecified atom stereocenters. The molecule has 2 heterocycles. The first-order chi connectivity index (χ1) is 11.3. The Balaban J connectivity index is 2.01. The van der Waals surface area contributed by atoms with E-state index in [0.717, 1.165) is 6.54 Å². The topological polar surface area (TPSA) is 95.8 Å². The van der Waals surface area contributed by atoms with E-state index in [2.05, 4.69) is 10.5 Å². The first-order valence-corrected chi connectivity index (χ1v) is 9.55. The van der Waals surface area contributed by atoms with E-state index in [1.54, 1.807) is 25.8 Å². The Labute approximate surface area is 143 Å². The number of hydrogen-bond donors (Lipinski definition) is 1. The van der Waals surface area contributed by atoms with Crippen molar-refractivity contribution >= 4 is 15.9 Å². The van der Waals surface area contributed by atoms with Crippen molar-refractivity contribution in [2.45, 2.75) is 31.6 Å². The molecule has 9 heteroatoms. The van der Waals surface area contributed by atoms with Gasteiger partial charge in [0.15, 0.2) is 5.76 Å². The molecule has 1 aliphatic heterocycles. The van der Waals surface area contributed by atoms with Crippen LogP contribution in [0.25, 0.3) is 0 Å². The third-order valence-corrected chi connectivity index (χ3v) is 6.59. The van der Waals surface area contributed by atoms with Crippen LogP contribution in [-0.2, 0) is 14.8 Å². The summed E-state index contributed by atoms with van der Waals surface area (Å²) in [7, 11) is 0.00657. The Bertz CT molecular complexity index is 658. The fourth-order valence-corrected chi connectivity index (χ4v) is 4.78. The van der Waals surface area contributed by atoms with Crippen LogP contribution in [0.2, 0.25) is 0 Å². The minimum Gasteiger partial charge on any atom is -0.360 e. The van der Waals surface area contributed by atoms with Crippen molar-refractivity contribution in [3.63, 3.8) is 0 Å². The molecule has 8 nitrogen and oxygen atoms in total. The summed E-state index contributed by atoms with van der Waals surface area (Å²) in [5.74, 6) is 0.264.